The average Bonchev–Trinajstić information content (AvgIpc) is 2.73. The maximum atomic E-state index is 10.5. The van der Waals surface area contributed by atoms with Gasteiger partial charge in [-0.2, -0.15) is 0 Å². The highest BCUT2D eigenvalue weighted by atomic mass is 32.1. The van der Waals surface area contributed by atoms with Crippen LogP contribution in [0.25, 0.3) is 10.1 Å². The van der Waals surface area contributed by atoms with Crippen molar-refractivity contribution in [2.24, 2.45) is 0 Å². The highest BCUT2D eigenvalue weighted by Crippen LogP contribution is 2.32. The van der Waals surface area contributed by atoms with Gasteiger partial charge in [0.25, 0.3) is 0 Å². The fourth-order valence-electron chi connectivity index (χ4n) is 2.45. The van der Waals surface area contributed by atoms with Crippen molar-refractivity contribution in [2.75, 3.05) is 13.2 Å². The van der Waals surface area contributed by atoms with Gasteiger partial charge < -0.3 is 9.84 Å². The molecule has 1 aromatic carbocycles. The molecular weight excluding hydrogens is 232 g/mol. The third kappa shape index (κ3) is 2.23. The van der Waals surface area contributed by atoms with E-state index in [-0.39, 0.29) is 0 Å². The fraction of sp³-hybridized carbons (Fsp3) is 0.429. The van der Waals surface area contributed by atoms with Crippen LogP contribution >= 0.6 is 11.3 Å². The number of thiophene rings is 1. The second-order valence-electron chi connectivity index (χ2n) is 4.77. The molecule has 0 spiro atoms. The molecule has 0 atom stereocenters. The summed E-state index contributed by atoms with van der Waals surface area (Å²) in [6.07, 6.45) is 2.24. The van der Waals surface area contributed by atoms with Crippen LogP contribution < -0.4 is 0 Å². The first-order valence-corrected chi connectivity index (χ1v) is 6.90. The molecule has 1 aromatic heterocycles. The molecule has 2 aromatic rings. The minimum atomic E-state index is -0.567. The minimum Gasteiger partial charge on any atom is -0.389 e. The van der Waals surface area contributed by atoms with Crippen LogP contribution in [0.15, 0.2) is 29.6 Å². The van der Waals surface area contributed by atoms with Crippen LogP contribution in [0.5, 0.6) is 0 Å². The first-order valence-electron chi connectivity index (χ1n) is 6.02. The molecule has 3 heteroatoms. The highest BCUT2D eigenvalue weighted by Gasteiger charge is 2.30. The van der Waals surface area contributed by atoms with Crippen molar-refractivity contribution in [2.45, 2.75) is 24.9 Å². The third-order valence-corrected chi connectivity index (χ3v) is 4.52. The minimum absolute atomic E-state index is 0.567. The Morgan fingerprint density at radius 3 is 2.82 bits per heavy atom. The molecule has 2 nitrogen and oxygen atoms in total. The van der Waals surface area contributed by atoms with E-state index in [1.807, 2.05) is 0 Å². The number of hydrogen-bond donors (Lipinski definition) is 1. The third-order valence-electron chi connectivity index (χ3n) is 3.50. The number of fused-ring (bicyclic) bond motifs is 1. The second kappa shape index (κ2) is 4.41. The lowest BCUT2D eigenvalue weighted by atomic mass is 9.87. The Morgan fingerprint density at radius 1 is 1.24 bits per heavy atom. The van der Waals surface area contributed by atoms with Gasteiger partial charge in [0.2, 0.25) is 0 Å². The van der Waals surface area contributed by atoms with Crippen molar-refractivity contribution in [1.82, 2.24) is 0 Å². The van der Waals surface area contributed by atoms with E-state index in [2.05, 4.69) is 29.6 Å². The van der Waals surface area contributed by atoms with E-state index in [4.69, 9.17) is 4.74 Å². The summed E-state index contributed by atoms with van der Waals surface area (Å²) in [5.41, 5.74) is 0.706. The molecule has 0 unspecified atom stereocenters. The Morgan fingerprint density at radius 2 is 2.00 bits per heavy atom. The smallest absolute Gasteiger partial charge is 0.0732 e. The quantitative estimate of drug-likeness (QED) is 0.885. The summed E-state index contributed by atoms with van der Waals surface area (Å²) in [6.45, 7) is 1.36. The van der Waals surface area contributed by atoms with Crippen LogP contribution in [-0.4, -0.2) is 23.9 Å². The molecule has 2 heterocycles. The molecule has 0 radical (unpaired) electrons. The SMILES string of the molecule is OC1(Cc2csc3ccccc23)CCOCC1. The summed E-state index contributed by atoms with van der Waals surface area (Å²) in [6, 6.07) is 8.40. The Hall–Kier alpha value is -0.900. The van der Waals surface area contributed by atoms with Gasteiger partial charge in [0, 0.05) is 24.3 Å². The fourth-order valence-corrected chi connectivity index (χ4v) is 3.42. The topological polar surface area (TPSA) is 29.5 Å². The molecule has 0 aliphatic carbocycles. The van der Waals surface area contributed by atoms with Crippen molar-refractivity contribution in [3.63, 3.8) is 0 Å². The lowest BCUT2D eigenvalue weighted by molar-refractivity contribution is -0.0623. The maximum absolute atomic E-state index is 10.5. The van der Waals surface area contributed by atoms with E-state index in [1.165, 1.54) is 15.6 Å². The van der Waals surface area contributed by atoms with E-state index >= 15 is 0 Å². The van der Waals surface area contributed by atoms with Gasteiger partial charge in [-0.1, -0.05) is 18.2 Å². The lowest BCUT2D eigenvalue weighted by Crippen LogP contribution is -2.38. The maximum Gasteiger partial charge on any atom is 0.0732 e. The van der Waals surface area contributed by atoms with E-state index in [1.54, 1.807) is 11.3 Å². The molecule has 1 N–H and O–H groups in total. The molecule has 17 heavy (non-hydrogen) atoms. The zero-order valence-electron chi connectivity index (χ0n) is 9.69. The Balaban J connectivity index is 1.89. The van der Waals surface area contributed by atoms with Gasteiger partial charge in [-0.15, -0.1) is 11.3 Å². The molecule has 1 aliphatic rings. The van der Waals surface area contributed by atoms with E-state index in [0.717, 1.165) is 19.3 Å². The second-order valence-corrected chi connectivity index (χ2v) is 5.68. The number of benzene rings is 1. The first-order chi connectivity index (χ1) is 8.27. The van der Waals surface area contributed by atoms with Crippen molar-refractivity contribution in [3.05, 3.63) is 35.2 Å². The van der Waals surface area contributed by atoms with Crippen molar-refractivity contribution < 1.29 is 9.84 Å². The van der Waals surface area contributed by atoms with Crippen LogP contribution in [0, 0.1) is 0 Å². The number of rotatable bonds is 2. The summed E-state index contributed by atoms with van der Waals surface area (Å²) < 4.78 is 6.62. The molecule has 1 fully saturated rings. The molecule has 90 valence electrons. The predicted octanol–water partition coefficient (Wildman–Crippen LogP) is 2.99. The van der Waals surface area contributed by atoms with Crippen LogP contribution in [0.2, 0.25) is 0 Å². The first kappa shape index (κ1) is 11.2. The molecule has 0 saturated carbocycles. The number of hydrogen-bond acceptors (Lipinski definition) is 3. The van der Waals surface area contributed by atoms with Crippen LogP contribution in [0.4, 0.5) is 0 Å². The van der Waals surface area contributed by atoms with Crippen LogP contribution in [0.3, 0.4) is 0 Å². The van der Waals surface area contributed by atoms with Crippen LogP contribution in [0.1, 0.15) is 18.4 Å². The van der Waals surface area contributed by atoms with Gasteiger partial charge in [-0.25, -0.2) is 0 Å². The summed E-state index contributed by atoms with van der Waals surface area (Å²) in [7, 11) is 0. The summed E-state index contributed by atoms with van der Waals surface area (Å²) in [5.74, 6) is 0. The molecule has 0 amide bonds. The zero-order chi connectivity index (χ0) is 11.7. The van der Waals surface area contributed by atoms with Crippen molar-refractivity contribution in [1.29, 1.82) is 0 Å². The Kier molecular flexibility index (Phi) is 2.90. The monoisotopic (exact) mass is 248 g/mol. The van der Waals surface area contributed by atoms with Crippen molar-refractivity contribution in [3.8, 4) is 0 Å². The Labute approximate surface area is 105 Å². The molecule has 1 saturated heterocycles. The zero-order valence-corrected chi connectivity index (χ0v) is 10.5. The van der Waals surface area contributed by atoms with Gasteiger partial charge in [-0.05, 0) is 35.2 Å². The van der Waals surface area contributed by atoms with E-state index < -0.39 is 5.60 Å². The van der Waals surface area contributed by atoms with Gasteiger partial charge >= 0.3 is 0 Å². The average molecular weight is 248 g/mol. The largest absolute Gasteiger partial charge is 0.389 e. The van der Waals surface area contributed by atoms with E-state index in [0.29, 0.717) is 13.2 Å². The van der Waals surface area contributed by atoms with Crippen LogP contribution in [-0.2, 0) is 11.2 Å². The van der Waals surface area contributed by atoms with E-state index in [9.17, 15) is 5.11 Å². The normalized spacial score (nSPS) is 19.6. The van der Waals surface area contributed by atoms with Gasteiger partial charge in [0.15, 0.2) is 0 Å². The van der Waals surface area contributed by atoms with Gasteiger partial charge in [-0.3, -0.25) is 0 Å². The predicted molar refractivity (Wildman–Crippen MR) is 70.5 cm³/mol. The molecular formula is C14H16O2S. The molecule has 3 rings (SSSR count). The molecule has 0 bridgehead atoms. The summed E-state index contributed by atoms with van der Waals surface area (Å²) >= 11 is 1.76. The van der Waals surface area contributed by atoms with Crippen molar-refractivity contribution >= 4 is 21.4 Å². The van der Waals surface area contributed by atoms with Gasteiger partial charge in [0.05, 0.1) is 5.60 Å². The molecule has 1 aliphatic heterocycles. The van der Waals surface area contributed by atoms with Gasteiger partial charge in [0.1, 0.15) is 0 Å². The summed E-state index contributed by atoms with van der Waals surface area (Å²) in [4.78, 5) is 0. The highest BCUT2D eigenvalue weighted by molar-refractivity contribution is 7.17. The number of aliphatic hydroxyl groups is 1. The lowest BCUT2D eigenvalue weighted by Gasteiger charge is -2.31. The standard InChI is InChI=1S/C14H16O2S/c15-14(5-7-16-8-6-14)9-11-10-17-13-4-2-1-3-12(11)13/h1-4,10,15H,5-9H2. The number of ether oxygens (including phenoxy) is 1. The summed E-state index contributed by atoms with van der Waals surface area (Å²) in [5, 5.41) is 14.0. The Bertz CT molecular complexity index is 512.